The van der Waals surface area contributed by atoms with Gasteiger partial charge in [-0.1, -0.05) is 6.42 Å². The van der Waals surface area contributed by atoms with Gasteiger partial charge in [0.2, 0.25) is 5.91 Å². The zero-order chi connectivity index (χ0) is 12.3. The van der Waals surface area contributed by atoms with Crippen LogP contribution in [0.3, 0.4) is 0 Å². The summed E-state index contributed by atoms with van der Waals surface area (Å²) < 4.78 is 5.46. The molecule has 3 atom stereocenters. The average molecular weight is 240 g/mol. The fraction of sp³-hybridized carbons (Fsp3) is 0.923. The van der Waals surface area contributed by atoms with Gasteiger partial charge in [-0.2, -0.15) is 0 Å². The Hall–Kier alpha value is -0.610. The van der Waals surface area contributed by atoms with Gasteiger partial charge in [0, 0.05) is 12.5 Å². The normalized spacial score (nSPS) is 38.0. The summed E-state index contributed by atoms with van der Waals surface area (Å²) in [7, 11) is 0. The second-order valence-corrected chi connectivity index (χ2v) is 5.74. The number of nitrogens with one attached hydrogen (secondary N) is 1. The third-order valence-electron chi connectivity index (χ3n) is 4.16. The molecule has 0 spiro atoms. The number of rotatable bonds is 3. The van der Waals surface area contributed by atoms with Crippen molar-refractivity contribution in [3.63, 3.8) is 0 Å². The van der Waals surface area contributed by atoms with E-state index in [1.807, 2.05) is 0 Å². The van der Waals surface area contributed by atoms with Crippen molar-refractivity contribution in [3.05, 3.63) is 0 Å². The first-order chi connectivity index (χ1) is 8.14. The number of hydrogen-bond donors (Lipinski definition) is 2. The molecule has 2 aliphatic rings. The first-order valence-corrected chi connectivity index (χ1v) is 6.74. The first kappa shape index (κ1) is 12.8. The highest BCUT2D eigenvalue weighted by Gasteiger charge is 2.36. The molecule has 3 unspecified atom stereocenters. The molecule has 1 heterocycles. The van der Waals surface area contributed by atoms with Gasteiger partial charge >= 0.3 is 0 Å². The van der Waals surface area contributed by atoms with Crippen LogP contribution < -0.4 is 11.1 Å². The van der Waals surface area contributed by atoms with Gasteiger partial charge in [0.1, 0.15) is 0 Å². The van der Waals surface area contributed by atoms with E-state index in [-0.39, 0.29) is 17.4 Å². The van der Waals surface area contributed by atoms with Crippen LogP contribution in [0.5, 0.6) is 0 Å². The third kappa shape index (κ3) is 2.99. The molecule has 17 heavy (non-hydrogen) atoms. The Balaban J connectivity index is 1.91. The number of ether oxygens (including phenoxy) is 1. The highest BCUT2D eigenvalue weighted by Crippen LogP contribution is 2.32. The number of hydrogen-bond acceptors (Lipinski definition) is 3. The molecule has 3 N–H and O–H groups in total. The van der Waals surface area contributed by atoms with E-state index in [2.05, 4.69) is 12.2 Å². The Morgan fingerprint density at radius 3 is 2.94 bits per heavy atom. The monoisotopic (exact) mass is 240 g/mol. The van der Waals surface area contributed by atoms with E-state index in [1.165, 1.54) is 0 Å². The van der Waals surface area contributed by atoms with Crippen LogP contribution in [0.15, 0.2) is 0 Å². The van der Waals surface area contributed by atoms with Crippen LogP contribution in [-0.4, -0.2) is 31.2 Å². The Bertz CT molecular complexity index is 275. The van der Waals surface area contributed by atoms with E-state index in [0.717, 1.165) is 38.7 Å². The molecule has 1 aliphatic heterocycles. The first-order valence-electron chi connectivity index (χ1n) is 6.74. The summed E-state index contributed by atoms with van der Waals surface area (Å²) in [6.07, 6.45) is 5.26. The maximum Gasteiger partial charge on any atom is 0.223 e. The van der Waals surface area contributed by atoms with Crippen molar-refractivity contribution in [2.24, 2.45) is 17.6 Å². The number of nitrogens with two attached hydrogens (primary N) is 1. The topological polar surface area (TPSA) is 64.4 Å². The molecule has 1 amide bonds. The molecule has 1 saturated carbocycles. The molecule has 98 valence electrons. The van der Waals surface area contributed by atoms with E-state index < -0.39 is 0 Å². The van der Waals surface area contributed by atoms with Crippen molar-refractivity contribution >= 4 is 5.91 Å². The number of carbonyl (C=O) groups excluding carboxylic acids is 1. The van der Waals surface area contributed by atoms with Crippen molar-refractivity contribution in [2.45, 2.75) is 44.6 Å². The van der Waals surface area contributed by atoms with Gasteiger partial charge < -0.3 is 15.8 Å². The van der Waals surface area contributed by atoms with Crippen LogP contribution in [0.25, 0.3) is 0 Å². The molecule has 0 aromatic carbocycles. The summed E-state index contributed by atoms with van der Waals surface area (Å²) in [5.74, 6) is 0.688. The molecule has 1 saturated heterocycles. The van der Waals surface area contributed by atoms with E-state index in [4.69, 9.17) is 10.5 Å². The molecule has 2 rings (SSSR count). The van der Waals surface area contributed by atoms with E-state index >= 15 is 0 Å². The largest absolute Gasteiger partial charge is 0.379 e. The maximum atomic E-state index is 12.3. The summed E-state index contributed by atoms with van der Waals surface area (Å²) in [4.78, 5) is 12.3. The minimum atomic E-state index is -0.170. The second kappa shape index (κ2) is 5.36. The molecular formula is C13H24N2O2. The molecule has 4 nitrogen and oxygen atoms in total. The zero-order valence-corrected chi connectivity index (χ0v) is 10.7. The highest BCUT2D eigenvalue weighted by molar-refractivity contribution is 5.80. The van der Waals surface area contributed by atoms with Crippen molar-refractivity contribution in [1.82, 2.24) is 5.32 Å². The zero-order valence-electron chi connectivity index (χ0n) is 10.7. The van der Waals surface area contributed by atoms with Gasteiger partial charge in [0.15, 0.2) is 0 Å². The summed E-state index contributed by atoms with van der Waals surface area (Å²) in [5, 5.41) is 3.18. The van der Waals surface area contributed by atoms with Crippen LogP contribution in [0.4, 0.5) is 0 Å². The summed E-state index contributed by atoms with van der Waals surface area (Å²) in [5.41, 5.74) is 5.55. The fourth-order valence-electron chi connectivity index (χ4n) is 3.09. The average Bonchev–Trinajstić information content (AvgIpc) is 2.77. The van der Waals surface area contributed by atoms with Gasteiger partial charge in [-0.15, -0.1) is 0 Å². The van der Waals surface area contributed by atoms with Crippen molar-refractivity contribution in [2.75, 3.05) is 19.8 Å². The van der Waals surface area contributed by atoms with Gasteiger partial charge in [0.25, 0.3) is 0 Å². The Morgan fingerprint density at radius 2 is 2.29 bits per heavy atom. The smallest absolute Gasteiger partial charge is 0.223 e. The number of amides is 1. The Labute approximate surface area is 103 Å². The van der Waals surface area contributed by atoms with Crippen molar-refractivity contribution in [1.29, 1.82) is 0 Å². The lowest BCUT2D eigenvalue weighted by molar-refractivity contribution is -0.129. The van der Waals surface area contributed by atoms with Crippen LogP contribution >= 0.6 is 0 Å². The summed E-state index contributed by atoms with van der Waals surface area (Å²) in [6.45, 7) is 4.17. The lowest BCUT2D eigenvalue weighted by Gasteiger charge is -2.35. The predicted octanol–water partition coefficient (Wildman–Crippen LogP) is 1.05. The van der Waals surface area contributed by atoms with Crippen LogP contribution in [-0.2, 0) is 9.53 Å². The molecule has 0 radical (unpaired) electrons. The van der Waals surface area contributed by atoms with Crippen LogP contribution in [0, 0.1) is 11.8 Å². The minimum absolute atomic E-state index is 0.124. The molecule has 0 aromatic rings. The SMILES string of the molecule is CC1(NC(=O)C2CCCC2CN)CCCOC1. The lowest BCUT2D eigenvalue weighted by Crippen LogP contribution is -2.53. The molecule has 1 aliphatic carbocycles. The van der Waals surface area contributed by atoms with E-state index in [9.17, 15) is 4.79 Å². The second-order valence-electron chi connectivity index (χ2n) is 5.74. The lowest BCUT2D eigenvalue weighted by atomic mass is 9.91. The Morgan fingerprint density at radius 1 is 1.47 bits per heavy atom. The van der Waals surface area contributed by atoms with Crippen LogP contribution in [0.1, 0.15) is 39.0 Å². The molecule has 0 aromatic heterocycles. The molecule has 2 fully saturated rings. The molecular weight excluding hydrogens is 216 g/mol. The van der Waals surface area contributed by atoms with E-state index in [1.54, 1.807) is 0 Å². The fourth-order valence-corrected chi connectivity index (χ4v) is 3.09. The van der Waals surface area contributed by atoms with Gasteiger partial charge in [-0.05, 0) is 45.1 Å². The maximum absolute atomic E-state index is 12.3. The standard InChI is InChI=1S/C13H24N2O2/c1-13(6-3-7-17-9-13)15-12(16)11-5-2-4-10(11)8-14/h10-11H,2-9,14H2,1H3,(H,15,16). The third-order valence-corrected chi connectivity index (χ3v) is 4.16. The Kier molecular flexibility index (Phi) is 4.05. The van der Waals surface area contributed by atoms with E-state index in [0.29, 0.717) is 19.1 Å². The summed E-state index contributed by atoms with van der Waals surface area (Å²) in [6, 6.07) is 0. The number of carbonyl (C=O) groups is 1. The molecule has 4 heteroatoms. The summed E-state index contributed by atoms with van der Waals surface area (Å²) >= 11 is 0. The van der Waals surface area contributed by atoms with Crippen LogP contribution in [0.2, 0.25) is 0 Å². The minimum Gasteiger partial charge on any atom is -0.379 e. The van der Waals surface area contributed by atoms with Gasteiger partial charge in [-0.25, -0.2) is 0 Å². The van der Waals surface area contributed by atoms with Gasteiger partial charge in [-0.3, -0.25) is 4.79 Å². The quantitative estimate of drug-likeness (QED) is 0.775. The van der Waals surface area contributed by atoms with Crippen molar-refractivity contribution < 1.29 is 9.53 Å². The highest BCUT2D eigenvalue weighted by atomic mass is 16.5. The molecule has 0 bridgehead atoms. The van der Waals surface area contributed by atoms with Gasteiger partial charge in [0.05, 0.1) is 12.1 Å². The van der Waals surface area contributed by atoms with Crippen molar-refractivity contribution in [3.8, 4) is 0 Å². The predicted molar refractivity (Wildman–Crippen MR) is 66.5 cm³/mol.